The van der Waals surface area contributed by atoms with Crippen LogP contribution in [0.25, 0.3) is 10.8 Å². The first-order valence-electron chi connectivity index (χ1n) is 9.91. The average Bonchev–Trinajstić information content (AvgIpc) is 2.72. The van der Waals surface area contributed by atoms with Crippen LogP contribution in [0.2, 0.25) is 0 Å². The van der Waals surface area contributed by atoms with Crippen LogP contribution < -0.4 is 10.6 Å². The molecule has 3 heteroatoms. The highest BCUT2D eigenvalue weighted by Gasteiger charge is 2.16. The van der Waals surface area contributed by atoms with Crippen molar-refractivity contribution >= 4 is 22.5 Å². The van der Waals surface area contributed by atoms with Gasteiger partial charge < -0.3 is 10.6 Å². The van der Waals surface area contributed by atoms with Gasteiger partial charge in [-0.2, -0.15) is 0 Å². The maximum Gasteiger partial charge on any atom is 0.319 e. The van der Waals surface area contributed by atoms with E-state index in [0.29, 0.717) is 0 Å². The highest BCUT2D eigenvalue weighted by Crippen LogP contribution is 2.27. The van der Waals surface area contributed by atoms with Crippen molar-refractivity contribution in [2.75, 3.05) is 5.32 Å². The van der Waals surface area contributed by atoms with E-state index in [9.17, 15) is 4.79 Å². The standard InChI is InChI=1S/C24H26N2O/c1-2-22(20-15-14-17-8-3-4-10-19(17)16-20)25-24(27)26-23-13-7-11-18-9-5-6-12-21(18)23/h5-7,9,11-16,22H,2-4,8,10H2,1H3,(H2,25,26,27). The van der Waals surface area contributed by atoms with Gasteiger partial charge in [0.2, 0.25) is 0 Å². The van der Waals surface area contributed by atoms with Gasteiger partial charge >= 0.3 is 6.03 Å². The fourth-order valence-electron chi connectivity index (χ4n) is 4.04. The summed E-state index contributed by atoms with van der Waals surface area (Å²) in [5.41, 5.74) is 4.96. The lowest BCUT2D eigenvalue weighted by molar-refractivity contribution is 0.248. The zero-order valence-corrected chi connectivity index (χ0v) is 15.8. The molecule has 0 saturated carbocycles. The number of anilines is 1. The van der Waals surface area contributed by atoms with Crippen LogP contribution in [0.1, 0.15) is 48.9 Å². The molecule has 3 aromatic carbocycles. The number of amides is 2. The summed E-state index contributed by atoms with van der Waals surface area (Å²) in [5.74, 6) is 0. The molecule has 2 N–H and O–H groups in total. The van der Waals surface area contributed by atoms with Crippen molar-refractivity contribution in [1.82, 2.24) is 5.32 Å². The third-order valence-corrected chi connectivity index (χ3v) is 5.53. The minimum atomic E-state index is -0.157. The van der Waals surface area contributed by atoms with Crippen LogP contribution in [-0.2, 0) is 12.8 Å². The topological polar surface area (TPSA) is 41.1 Å². The van der Waals surface area contributed by atoms with Gasteiger partial charge in [0.15, 0.2) is 0 Å². The lowest BCUT2D eigenvalue weighted by Crippen LogP contribution is -2.32. The first kappa shape index (κ1) is 17.6. The second-order valence-corrected chi connectivity index (χ2v) is 7.32. The summed E-state index contributed by atoms with van der Waals surface area (Å²) in [4.78, 5) is 12.7. The summed E-state index contributed by atoms with van der Waals surface area (Å²) in [6.07, 6.45) is 5.75. The maximum absolute atomic E-state index is 12.7. The van der Waals surface area contributed by atoms with Crippen LogP contribution in [0, 0.1) is 0 Å². The Morgan fingerprint density at radius 2 is 1.74 bits per heavy atom. The third-order valence-electron chi connectivity index (χ3n) is 5.53. The second-order valence-electron chi connectivity index (χ2n) is 7.32. The van der Waals surface area contributed by atoms with E-state index in [1.54, 1.807) is 0 Å². The van der Waals surface area contributed by atoms with Crippen molar-refractivity contribution in [2.24, 2.45) is 0 Å². The molecule has 0 radical (unpaired) electrons. The van der Waals surface area contributed by atoms with Crippen molar-refractivity contribution in [2.45, 2.75) is 45.1 Å². The fourth-order valence-corrected chi connectivity index (χ4v) is 4.04. The zero-order chi connectivity index (χ0) is 18.6. The quantitative estimate of drug-likeness (QED) is 0.591. The van der Waals surface area contributed by atoms with Gasteiger partial charge in [0.05, 0.1) is 11.7 Å². The Kier molecular flexibility index (Phi) is 5.10. The predicted molar refractivity (Wildman–Crippen MR) is 112 cm³/mol. The Morgan fingerprint density at radius 3 is 2.59 bits per heavy atom. The van der Waals surface area contributed by atoms with E-state index >= 15 is 0 Å². The van der Waals surface area contributed by atoms with E-state index in [-0.39, 0.29) is 12.1 Å². The van der Waals surface area contributed by atoms with Crippen molar-refractivity contribution in [3.05, 3.63) is 77.4 Å². The molecule has 1 unspecified atom stereocenters. The first-order valence-corrected chi connectivity index (χ1v) is 9.91. The predicted octanol–water partition coefficient (Wildman–Crippen LogP) is 5.99. The summed E-state index contributed by atoms with van der Waals surface area (Å²) >= 11 is 0. The summed E-state index contributed by atoms with van der Waals surface area (Å²) in [6, 6.07) is 20.6. The number of nitrogens with one attached hydrogen (secondary N) is 2. The Bertz CT molecular complexity index is 958. The number of rotatable bonds is 4. The lowest BCUT2D eigenvalue weighted by atomic mass is 9.89. The van der Waals surface area contributed by atoms with Crippen LogP contribution in [-0.4, -0.2) is 6.03 Å². The van der Waals surface area contributed by atoms with E-state index < -0.39 is 0 Å². The molecule has 0 bridgehead atoms. The number of benzene rings is 3. The summed E-state index contributed by atoms with van der Waals surface area (Å²) in [5, 5.41) is 8.36. The molecule has 0 aliphatic heterocycles. The van der Waals surface area contributed by atoms with Gasteiger partial charge in [-0.1, -0.05) is 61.5 Å². The molecule has 0 fully saturated rings. The van der Waals surface area contributed by atoms with Gasteiger partial charge in [-0.3, -0.25) is 0 Å². The minimum Gasteiger partial charge on any atom is -0.331 e. The molecule has 27 heavy (non-hydrogen) atoms. The normalized spacial score (nSPS) is 14.4. The van der Waals surface area contributed by atoms with E-state index in [4.69, 9.17) is 0 Å². The van der Waals surface area contributed by atoms with Crippen molar-refractivity contribution in [1.29, 1.82) is 0 Å². The Morgan fingerprint density at radius 1 is 0.963 bits per heavy atom. The van der Waals surface area contributed by atoms with Crippen LogP contribution in [0.4, 0.5) is 10.5 Å². The summed E-state index contributed by atoms with van der Waals surface area (Å²) < 4.78 is 0. The smallest absolute Gasteiger partial charge is 0.319 e. The number of urea groups is 1. The summed E-state index contributed by atoms with van der Waals surface area (Å²) in [7, 11) is 0. The van der Waals surface area contributed by atoms with Gasteiger partial charge in [-0.25, -0.2) is 4.79 Å². The number of fused-ring (bicyclic) bond motifs is 2. The maximum atomic E-state index is 12.7. The molecule has 138 valence electrons. The number of carbonyl (C=O) groups is 1. The molecule has 1 aliphatic carbocycles. The van der Waals surface area contributed by atoms with Gasteiger partial charge in [0.25, 0.3) is 0 Å². The van der Waals surface area contributed by atoms with Gasteiger partial charge in [0, 0.05) is 5.39 Å². The van der Waals surface area contributed by atoms with E-state index in [1.807, 2.05) is 30.3 Å². The van der Waals surface area contributed by atoms with Gasteiger partial charge in [-0.05, 0) is 60.2 Å². The number of hydrogen-bond acceptors (Lipinski definition) is 1. The second kappa shape index (κ2) is 7.83. The average molecular weight is 358 g/mol. The number of aryl methyl sites for hydroxylation is 2. The number of hydrogen-bond donors (Lipinski definition) is 2. The molecule has 1 atom stereocenters. The van der Waals surface area contributed by atoms with E-state index in [0.717, 1.165) is 29.3 Å². The van der Waals surface area contributed by atoms with Crippen LogP contribution in [0.15, 0.2) is 60.7 Å². The third kappa shape index (κ3) is 3.82. The fraction of sp³-hybridized carbons (Fsp3) is 0.292. The molecule has 2 amide bonds. The Labute approximate surface area is 160 Å². The zero-order valence-electron chi connectivity index (χ0n) is 15.8. The molecule has 0 spiro atoms. The highest BCUT2D eigenvalue weighted by atomic mass is 16.2. The summed E-state index contributed by atoms with van der Waals surface area (Å²) in [6.45, 7) is 2.11. The van der Waals surface area contributed by atoms with Crippen molar-refractivity contribution in [3.8, 4) is 0 Å². The van der Waals surface area contributed by atoms with Crippen LogP contribution in [0.3, 0.4) is 0 Å². The molecule has 0 saturated heterocycles. The number of carbonyl (C=O) groups excluding carboxylic acids is 1. The molecule has 3 nitrogen and oxygen atoms in total. The minimum absolute atomic E-state index is 0.0206. The monoisotopic (exact) mass is 358 g/mol. The Hall–Kier alpha value is -2.81. The van der Waals surface area contributed by atoms with Crippen molar-refractivity contribution in [3.63, 3.8) is 0 Å². The van der Waals surface area contributed by atoms with Gasteiger partial charge in [0.1, 0.15) is 0 Å². The SMILES string of the molecule is CCC(NC(=O)Nc1cccc2ccccc12)c1ccc2c(c1)CCCC2. The molecule has 1 aliphatic rings. The highest BCUT2D eigenvalue weighted by molar-refractivity contribution is 6.01. The van der Waals surface area contributed by atoms with Gasteiger partial charge in [-0.15, -0.1) is 0 Å². The van der Waals surface area contributed by atoms with Crippen LogP contribution >= 0.6 is 0 Å². The molecular formula is C24H26N2O. The van der Waals surface area contributed by atoms with E-state index in [1.165, 1.54) is 36.0 Å². The molecule has 0 aromatic heterocycles. The first-order chi connectivity index (χ1) is 13.2. The molecule has 3 aromatic rings. The lowest BCUT2D eigenvalue weighted by Gasteiger charge is -2.22. The molecular weight excluding hydrogens is 332 g/mol. The molecule has 0 heterocycles. The van der Waals surface area contributed by atoms with E-state index in [2.05, 4.69) is 47.9 Å². The van der Waals surface area contributed by atoms with Crippen LogP contribution in [0.5, 0.6) is 0 Å². The van der Waals surface area contributed by atoms with Crippen molar-refractivity contribution < 1.29 is 4.79 Å². The largest absolute Gasteiger partial charge is 0.331 e. The molecule has 4 rings (SSSR count). The Balaban J connectivity index is 1.50.